The summed E-state index contributed by atoms with van der Waals surface area (Å²) in [6.45, 7) is 0. The van der Waals surface area contributed by atoms with Crippen LogP contribution in [0.25, 0.3) is 5.57 Å². The van der Waals surface area contributed by atoms with E-state index in [-0.39, 0.29) is 5.91 Å². The predicted molar refractivity (Wildman–Crippen MR) is 79.7 cm³/mol. The summed E-state index contributed by atoms with van der Waals surface area (Å²) in [6, 6.07) is 15.2. The highest BCUT2D eigenvalue weighted by Gasteiger charge is 2.23. The number of carbonyl (C=O) groups excluding carboxylic acids is 1. The maximum Gasteiger partial charge on any atom is 0.257 e. The highest BCUT2D eigenvalue weighted by molar-refractivity contribution is 6.31. The van der Waals surface area contributed by atoms with Crippen molar-refractivity contribution in [3.05, 3.63) is 60.3 Å². The van der Waals surface area contributed by atoms with Crippen molar-refractivity contribution in [1.82, 2.24) is 0 Å². The second-order valence-corrected chi connectivity index (χ2v) is 4.43. The molecular formula is C16H14N2O2. The third kappa shape index (κ3) is 2.23. The molecular weight excluding hydrogens is 252 g/mol. The first-order chi connectivity index (χ1) is 9.78. The molecule has 0 saturated carbocycles. The molecule has 0 spiro atoms. The van der Waals surface area contributed by atoms with Crippen molar-refractivity contribution in [3.8, 4) is 5.75 Å². The number of rotatable bonds is 3. The average Bonchev–Trinajstić information content (AvgIpc) is 2.81. The summed E-state index contributed by atoms with van der Waals surface area (Å²) in [5.41, 5.74) is 3.25. The van der Waals surface area contributed by atoms with Crippen LogP contribution in [0.5, 0.6) is 5.75 Å². The van der Waals surface area contributed by atoms with Crippen molar-refractivity contribution in [3.63, 3.8) is 0 Å². The number of carbonyl (C=O) groups is 1. The number of hydrogen-bond acceptors (Lipinski definition) is 3. The molecule has 0 saturated heterocycles. The van der Waals surface area contributed by atoms with Gasteiger partial charge in [0.1, 0.15) is 5.75 Å². The fraction of sp³-hybridized carbons (Fsp3) is 0.0625. The topological polar surface area (TPSA) is 50.4 Å². The van der Waals surface area contributed by atoms with Crippen molar-refractivity contribution in [2.75, 3.05) is 17.7 Å². The number of nitrogens with one attached hydrogen (secondary N) is 2. The van der Waals surface area contributed by atoms with Crippen LogP contribution in [0.3, 0.4) is 0 Å². The molecule has 0 atom stereocenters. The van der Waals surface area contributed by atoms with E-state index in [1.165, 1.54) is 0 Å². The van der Waals surface area contributed by atoms with Gasteiger partial charge < -0.3 is 15.4 Å². The molecule has 4 nitrogen and oxygen atoms in total. The lowest BCUT2D eigenvalue weighted by molar-refractivity contribution is -0.110. The third-order valence-corrected chi connectivity index (χ3v) is 3.16. The Labute approximate surface area is 117 Å². The Bertz CT molecular complexity index is 692. The first-order valence-corrected chi connectivity index (χ1v) is 6.29. The lowest BCUT2D eigenvalue weighted by atomic mass is 10.1. The van der Waals surface area contributed by atoms with Crippen LogP contribution < -0.4 is 15.4 Å². The number of amides is 1. The first kappa shape index (κ1) is 12.3. The molecule has 2 aromatic carbocycles. The van der Waals surface area contributed by atoms with Crippen LogP contribution in [0.1, 0.15) is 5.56 Å². The van der Waals surface area contributed by atoms with Crippen LogP contribution in [0, 0.1) is 0 Å². The zero-order chi connectivity index (χ0) is 13.9. The van der Waals surface area contributed by atoms with E-state index in [4.69, 9.17) is 4.74 Å². The van der Waals surface area contributed by atoms with Crippen LogP contribution in [-0.2, 0) is 4.79 Å². The molecule has 0 bridgehead atoms. The van der Waals surface area contributed by atoms with Crippen molar-refractivity contribution >= 4 is 22.9 Å². The zero-order valence-electron chi connectivity index (χ0n) is 11.0. The number of benzene rings is 2. The maximum absolute atomic E-state index is 11.9. The zero-order valence-corrected chi connectivity index (χ0v) is 11.0. The monoisotopic (exact) mass is 266 g/mol. The minimum atomic E-state index is -0.0957. The van der Waals surface area contributed by atoms with Gasteiger partial charge in [0, 0.05) is 29.2 Å². The summed E-state index contributed by atoms with van der Waals surface area (Å²) in [4.78, 5) is 11.9. The Morgan fingerprint density at radius 1 is 1.15 bits per heavy atom. The molecule has 100 valence electrons. The summed E-state index contributed by atoms with van der Waals surface area (Å²) in [5, 5.41) is 5.96. The molecule has 0 unspecified atom stereocenters. The Hall–Kier alpha value is -2.75. The summed E-state index contributed by atoms with van der Waals surface area (Å²) in [6.07, 6.45) is 1.72. The second kappa shape index (κ2) is 5.09. The summed E-state index contributed by atoms with van der Waals surface area (Å²) >= 11 is 0. The van der Waals surface area contributed by atoms with E-state index in [1.54, 1.807) is 13.3 Å². The molecule has 1 aliphatic heterocycles. The highest BCUT2D eigenvalue weighted by Crippen LogP contribution is 2.31. The van der Waals surface area contributed by atoms with Gasteiger partial charge in [-0.05, 0) is 18.2 Å². The molecule has 0 aliphatic carbocycles. The largest absolute Gasteiger partial charge is 0.497 e. The molecule has 0 radical (unpaired) electrons. The fourth-order valence-corrected chi connectivity index (χ4v) is 2.15. The van der Waals surface area contributed by atoms with Gasteiger partial charge in [-0.2, -0.15) is 0 Å². The van der Waals surface area contributed by atoms with Gasteiger partial charge in [-0.15, -0.1) is 0 Å². The second-order valence-electron chi connectivity index (χ2n) is 4.43. The molecule has 2 aromatic rings. The average molecular weight is 266 g/mol. The predicted octanol–water partition coefficient (Wildman–Crippen LogP) is 3.10. The molecule has 1 aliphatic rings. The van der Waals surface area contributed by atoms with E-state index < -0.39 is 0 Å². The van der Waals surface area contributed by atoms with Crippen LogP contribution in [-0.4, -0.2) is 13.0 Å². The minimum absolute atomic E-state index is 0.0957. The molecule has 1 amide bonds. The standard InChI is InChI=1S/C16H14N2O2/c1-20-12-6-4-5-11(9-12)17-10-14-13-7-2-3-8-15(13)18-16(14)19/h2-10,17H,1H3,(H,18,19)/b14-10+. The Kier molecular flexibility index (Phi) is 3.13. The Balaban J connectivity index is 1.87. The number of hydrogen-bond donors (Lipinski definition) is 2. The van der Waals surface area contributed by atoms with Gasteiger partial charge in [0.2, 0.25) is 0 Å². The number of anilines is 2. The van der Waals surface area contributed by atoms with Crippen LogP contribution in [0.15, 0.2) is 54.7 Å². The van der Waals surface area contributed by atoms with E-state index in [0.29, 0.717) is 5.57 Å². The lowest BCUT2D eigenvalue weighted by Crippen LogP contribution is -2.05. The number of ether oxygens (including phenoxy) is 1. The van der Waals surface area contributed by atoms with E-state index in [0.717, 1.165) is 22.7 Å². The van der Waals surface area contributed by atoms with Gasteiger partial charge in [-0.25, -0.2) is 0 Å². The minimum Gasteiger partial charge on any atom is -0.497 e. The van der Waals surface area contributed by atoms with Crippen molar-refractivity contribution in [2.45, 2.75) is 0 Å². The van der Waals surface area contributed by atoms with Gasteiger partial charge in [0.25, 0.3) is 5.91 Å². The molecule has 1 heterocycles. The van der Waals surface area contributed by atoms with E-state index >= 15 is 0 Å². The van der Waals surface area contributed by atoms with Crippen molar-refractivity contribution < 1.29 is 9.53 Å². The van der Waals surface area contributed by atoms with Gasteiger partial charge in [0.05, 0.1) is 12.7 Å². The van der Waals surface area contributed by atoms with Gasteiger partial charge in [-0.3, -0.25) is 4.79 Å². The molecule has 0 fully saturated rings. The molecule has 2 N–H and O–H groups in total. The summed E-state index contributed by atoms with van der Waals surface area (Å²) < 4.78 is 5.16. The fourth-order valence-electron chi connectivity index (χ4n) is 2.15. The Morgan fingerprint density at radius 2 is 2.00 bits per heavy atom. The van der Waals surface area contributed by atoms with Crippen LogP contribution >= 0.6 is 0 Å². The van der Waals surface area contributed by atoms with Crippen molar-refractivity contribution in [1.29, 1.82) is 0 Å². The van der Waals surface area contributed by atoms with Crippen molar-refractivity contribution in [2.24, 2.45) is 0 Å². The van der Waals surface area contributed by atoms with Gasteiger partial charge in [-0.1, -0.05) is 24.3 Å². The Morgan fingerprint density at radius 3 is 2.85 bits per heavy atom. The van der Waals surface area contributed by atoms with E-state index in [9.17, 15) is 4.79 Å². The smallest absolute Gasteiger partial charge is 0.257 e. The van der Waals surface area contributed by atoms with Crippen LogP contribution in [0.2, 0.25) is 0 Å². The number of para-hydroxylation sites is 1. The summed E-state index contributed by atoms with van der Waals surface area (Å²) in [7, 11) is 1.62. The molecule has 3 rings (SSSR count). The lowest BCUT2D eigenvalue weighted by Gasteiger charge is -2.05. The number of fused-ring (bicyclic) bond motifs is 1. The van der Waals surface area contributed by atoms with Gasteiger partial charge >= 0.3 is 0 Å². The van der Waals surface area contributed by atoms with E-state index in [1.807, 2.05) is 48.5 Å². The summed E-state index contributed by atoms with van der Waals surface area (Å²) in [5.74, 6) is 0.672. The third-order valence-electron chi connectivity index (χ3n) is 3.16. The first-order valence-electron chi connectivity index (χ1n) is 6.29. The van der Waals surface area contributed by atoms with Crippen LogP contribution in [0.4, 0.5) is 11.4 Å². The highest BCUT2D eigenvalue weighted by atomic mass is 16.5. The molecule has 0 aromatic heterocycles. The quantitative estimate of drug-likeness (QED) is 0.839. The SMILES string of the molecule is COc1cccc(N/C=C2/C(=O)Nc3ccccc32)c1. The maximum atomic E-state index is 11.9. The number of methoxy groups -OCH3 is 1. The normalized spacial score (nSPS) is 14.8. The molecule has 20 heavy (non-hydrogen) atoms. The van der Waals surface area contributed by atoms with Gasteiger partial charge in [0.15, 0.2) is 0 Å². The van der Waals surface area contributed by atoms with E-state index in [2.05, 4.69) is 10.6 Å². The molecule has 4 heteroatoms.